The Balaban J connectivity index is 1.94. The van der Waals surface area contributed by atoms with Gasteiger partial charge in [-0.2, -0.15) is 0 Å². The fourth-order valence-corrected chi connectivity index (χ4v) is 3.80. The number of benzene rings is 2. The van der Waals surface area contributed by atoms with E-state index in [2.05, 4.69) is 0 Å². The van der Waals surface area contributed by atoms with Gasteiger partial charge < -0.3 is 20.4 Å². The lowest BCUT2D eigenvalue weighted by atomic mass is 9.72. The van der Waals surface area contributed by atoms with Gasteiger partial charge in [-0.1, -0.05) is 53.6 Å². The Hall–Kier alpha value is -1.76. The molecule has 2 aromatic carbocycles. The lowest BCUT2D eigenvalue weighted by molar-refractivity contribution is -0.158. The molecule has 5 atom stereocenters. The molecule has 6 heteroatoms. The van der Waals surface area contributed by atoms with Gasteiger partial charge >= 0.3 is 0 Å². The van der Waals surface area contributed by atoms with Crippen molar-refractivity contribution in [3.05, 3.63) is 69.7 Å². The summed E-state index contributed by atoms with van der Waals surface area (Å²) in [6.45, 7) is 1.41. The van der Waals surface area contributed by atoms with E-state index in [0.29, 0.717) is 17.0 Å². The Morgan fingerprint density at radius 3 is 2.26 bits per heavy atom. The summed E-state index contributed by atoms with van der Waals surface area (Å²) in [7, 11) is 0. The van der Waals surface area contributed by atoms with Gasteiger partial charge in [-0.3, -0.25) is 4.79 Å². The lowest BCUT2D eigenvalue weighted by Gasteiger charge is -2.39. The van der Waals surface area contributed by atoms with Crippen LogP contribution in [0.3, 0.4) is 0 Å². The van der Waals surface area contributed by atoms with E-state index in [9.17, 15) is 25.2 Å². The van der Waals surface area contributed by atoms with E-state index >= 15 is 0 Å². The molecule has 1 aliphatic rings. The van der Waals surface area contributed by atoms with E-state index in [1.54, 1.807) is 18.2 Å². The highest BCUT2D eigenvalue weighted by Crippen LogP contribution is 2.36. The number of Topliss-reactive ketones (excluding diaryl/α,β-unsaturated/α-hetero) is 1. The summed E-state index contributed by atoms with van der Waals surface area (Å²) < 4.78 is 0. The zero-order valence-corrected chi connectivity index (χ0v) is 15.7. The summed E-state index contributed by atoms with van der Waals surface area (Å²) in [5.41, 5.74) is 3.50. The maximum absolute atomic E-state index is 12.7. The van der Waals surface area contributed by atoms with Crippen LogP contribution < -0.4 is 0 Å². The molecule has 0 bridgehead atoms. The minimum atomic E-state index is -1.51. The van der Waals surface area contributed by atoms with Gasteiger partial charge in [-0.15, -0.1) is 0 Å². The van der Waals surface area contributed by atoms with Crippen molar-refractivity contribution in [2.24, 2.45) is 5.92 Å². The molecule has 144 valence electrons. The lowest BCUT2D eigenvalue weighted by Crippen LogP contribution is -2.56. The van der Waals surface area contributed by atoms with Crippen LogP contribution in [0, 0.1) is 12.8 Å². The number of halogens is 1. The number of rotatable bonds is 4. The molecule has 0 heterocycles. The monoisotopic (exact) mass is 390 g/mol. The summed E-state index contributed by atoms with van der Waals surface area (Å²) in [4.78, 5) is 12.7. The molecule has 0 amide bonds. The summed E-state index contributed by atoms with van der Waals surface area (Å²) in [5, 5.41) is 40.4. The highest BCUT2D eigenvalue weighted by Gasteiger charge is 2.48. The molecular formula is C21H23ClO5. The first-order valence-corrected chi connectivity index (χ1v) is 9.24. The quantitative estimate of drug-likeness (QED) is 0.635. The number of aliphatic hydroxyl groups excluding tert-OH is 4. The number of hydrogen-bond acceptors (Lipinski definition) is 5. The standard InChI is InChI=1S/C21H23ClO5/c1-11-2-4-12(5-3-11)8-14-9-13(6-7-16(14)22)17-18(24)15(10-23)19(25)21(27)20(17)26/h2-7,9,15,17,19-21,23,25-27H,8,10H2,1H3. The van der Waals surface area contributed by atoms with Crippen molar-refractivity contribution in [3.8, 4) is 0 Å². The van der Waals surface area contributed by atoms with Gasteiger partial charge in [-0.25, -0.2) is 0 Å². The minimum Gasteiger partial charge on any atom is -0.396 e. The fourth-order valence-electron chi connectivity index (χ4n) is 3.61. The average molecular weight is 391 g/mol. The zero-order valence-electron chi connectivity index (χ0n) is 14.9. The molecule has 0 spiro atoms. The van der Waals surface area contributed by atoms with Crippen LogP contribution in [0.15, 0.2) is 42.5 Å². The molecule has 0 radical (unpaired) electrons. The molecule has 1 fully saturated rings. The topological polar surface area (TPSA) is 98.0 Å². The van der Waals surface area contributed by atoms with Crippen LogP contribution in [0.4, 0.5) is 0 Å². The van der Waals surface area contributed by atoms with E-state index in [-0.39, 0.29) is 0 Å². The SMILES string of the molecule is Cc1ccc(Cc2cc(C3C(=O)C(CO)C(O)C(O)C3O)ccc2Cl)cc1. The van der Waals surface area contributed by atoms with E-state index in [4.69, 9.17) is 11.6 Å². The molecule has 1 aliphatic carbocycles. The van der Waals surface area contributed by atoms with E-state index in [1.165, 1.54) is 0 Å². The van der Waals surface area contributed by atoms with Crippen LogP contribution in [-0.4, -0.2) is 51.1 Å². The number of aliphatic hydroxyl groups is 4. The summed E-state index contributed by atoms with van der Waals surface area (Å²) in [5.74, 6) is -2.66. The maximum atomic E-state index is 12.7. The van der Waals surface area contributed by atoms with Crippen molar-refractivity contribution in [3.63, 3.8) is 0 Å². The van der Waals surface area contributed by atoms with Crippen molar-refractivity contribution in [2.45, 2.75) is 37.6 Å². The molecule has 4 N–H and O–H groups in total. The van der Waals surface area contributed by atoms with Gasteiger partial charge in [-0.05, 0) is 36.1 Å². The summed E-state index contributed by atoms with van der Waals surface area (Å²) >= 11 is 6.32. The Morgan fingerprint density at radius 1 is 0.963 bits per heavy atom. The first kappa shape index (κ1) is 20.0. The molecule has 0 aromatic heterocycles. The van der Waals surface area contributed by atoms with Gasteiger partial charge in [0, 0.05) is 5.02 Å². The molecule has 5 nitrogen and oxygen atoms in total. The zero-order chi connectivity index (χ0) is 19.7. The second-order valence-corrected chi connectivity index (χ2v) is 7.56. The van der Waals surface area contributed by atoms with Crippen LogP contribution in [0.2, 0.25) is 5.02 Å². The predicted molar refractivity (Wildman–Crippen MR) is 102 cm³/mol. The molecule has 27 heavy (non-hydrogen) atoms. The van der Waals surface area contributed by atoms with Crippen LogP contribution in [-0.2, 0) is 11.2 Å². The van der Waals surface area contributed by atoms with Gasteiger partial charge in [0.1, 0.15) is 6.10 Å². The molecular weight excluding hydrogens is 368 g/mol. The number of carbonyl (C=O) groups excluding carboxylic acids is 1. The second-order valence-electron chi connectivity index (χ2n) is 7.15. The van der Waals surface area contributed by atoms with Crippen molar-refractivity contribution in [1.29, 1.82) is 0 Å². The first-order valence-electron chi connectivity index (χ1n) is 8.86. The number of ketones is 1. The fraction of sp³-hybridized carbons (Fsp3) is 0.381. The van der Waals surface area contributed by atoms with Crippen molar-refractivity contribution >= 4 is 17.4 Å². The molecule has 0 saturated heterocycles. The number of carbonyl (C=O) groups is 1. The van der Waals surface area contributed by atoms with E-state index in [0.717, 1.165) is 16.7 Å². The number of aryl methyl sites for hydroxylation is 1. The highest BCUT2D eigenvalue weighted by molar-refractivity contribution is 6.31. The smallest absolute Gasteiger partial charge is 0.151 e. The normalized spacial score (nSPS) is 28.4. The average Bonchev–Trinajstić information content (AvgIpc) is 2.65. The molecule has 1 saturated carbocycles. The van der Waals surface area contributed by atoms with Gasteiger partial charge in [0.25, 0.3) is 0 Å². The highest BCUT2D eigenvalue weighted by atomic mass is 35.5. The summed E-state index contributed by atoms with van der Waals surface area (Å²) in [6.07, 6.45) is -3.91. The van der Waals surface area contributed by atoms with Crippen LogP contribution in [0.1, 0.15) is 28.2 Å². The van der Waals surface area contributed by atoms with E-state index in [1.807, 2.05) is 31.2 Å². The van der Waals surface area contributed by atoms with Crippen molar-refractivity contribution < 1.29 is 25.2 Å². The van der Waals surface area contributed by atoms with Gasteiger partial charge in [0.2, 0.25) is 0 Å². The van der Waals surface area contributed by atoms with Crippen LogP contribution in [0.25, 0.3) is 0 Å². The van der Waals surface area contributed by atoms with Crippen LogP contribution >= 0.6 is 11.6 Å². The Kier molecular flexibility index (Phi) is 5.99. The molecule has 5 unspecified atom stereocenters. The maximum Gasteiger partial charge on any atom is 0.151 e. The summed E-state index contributed by atoms with van der Waals surface area (Å²) in [6, 6.07) is 13.0. The predicted octanol–water partition coefficient (Wildman–Crippen LogP) is 1.60. The third kappa shape index (κ3) is 3.93. The minimum absolute atomic E-state index is 0.494. The largest absolute Gasteiger partial charge is 0.396 e. The third-order valence-electron chi connectivity index (χ3n) is 5.27. The van der Waals surface area contributed by atoms with Crippen LogP contribution in [0.5, 0.6) is 0 Å². The Bertz CT molecular complexity index is 820. The molecule has 0 aliphatic heterocycles. The Morgan fingerprint density at radius 2 is 1.63 bits per heavy atom. The van der Waals surface area contributed by atoms with Crippen molar-refractivity contribution in [2.75, 3.05) is 6.61 Å². The third-order valence-corrected chi connectivity index (χ3v) is 5.64. The van der Waals surface area contributed by atoms with Gasteiger partial charge in [0.05, 0.1) is 30.7 Å². The van der Waals surface area contributed by atoms with Gasteiger partial charge in [0.15, 0.2) is 5.78 Å². The molecule has 2 aromatic rings. The number of hydrogen-bond donors (Lipinski definition) is 4. The van der Waals surface area contributed by atoms with Crippen molar-refractivity contribution in [1.82, 2.24) is 0 Å². The Labute approximate surface area is 162 Å². The van der Waals surface area contributed by atoms with E-state index < -0.39 is 42.5 Å². The molecule has 3 rings (SSSR count). The second kappa shape index (κ2) is 8.09. The first-order chi connectivity index (χ1) is 12.8.